The zero-order chi connectivity index (χ0) is 9.19. The van der Waals surface area contributed by atoms with E-state index in [1.165, 1.54) is 13.0 Å². The third kappa shape index (κ3) is 1.63. The SMILES string of the molecule is CCC(F)(F)c1ccccc1C. The first-order chi connectivity index (χ1) is 5.58. The van der Waals surface area contributed by atoms with Crippen molar-refractivity contribution in [1.29, 1.82) is 0 Å². The Morgan fingerprint density at radius 3 is 2.33 bits per heavy atom. The van der Waals surface area contributed by atoms with E-state index in [1.807, 2.05) is 0 Å². The molecule has 0 fully saturated rings. The average Bonchev–Trinajstić information content (AvgIpc) is 2.05. The van der Waals surface area contributed by atoms with Crippen LogP contribution in [0.15, 0.2) is 24.3 Å². The van der Waals surface area contributed by atoms with Crippen molar-refractivity contribution in [2.24, 2.45) is 0 Å². The molecule has 12 heavy (non-hydrogen) atoms. The van der Waals surface area contributed by atoms with E-state index in [4.69, 9.17) is 0 Å². The second-order valence-electron chi connectivity index (χ2n) is 2.87. The number of halogens is 2. The van der Waals surface area contributed by atoms with Crippen LogP contribution in [-0.2, 0) is 5.92 Å². The Balaban J connectivity index is 3.10. The molecule has 0 N–H and O–H groups in total. The molecule has 0 saturated heterocycles. The monoisotopic (exact) mass is 170 g/mol. The van der Waals surface area contributed by atoms with Crippen LogP contribution in [0.25, 0.3) is 0 Å². The molecule has 0 unspecified atom stereocenters. The maximum absolute atomic E-state index is 13.1. The topological polar surface area (TPSA) is 0 Å². The Labute approximate surface area is 71.2 Å². The van der Waals surface area contributed by atoms with Crippen LogP contribution in [0.2, 0.25) is 0 Å². The van der Waals surface area contributed by atoms with E-state index in [9.17, 15) is 8.78 Å². The summed E-state index contributed by atoms with van der Waals surface area (Å²) in [5.74, 6) is -2.68. The molecule has 0 spiro atoms. The molecule has 1 rings (SSSR count). The van der Waals surface area contributed by atoms with E-state index in [1.54, 1.807) is 25.1 Å². The fourth-order valence-electron chi connectivity index (χ4n) is 1.17. The molecule has 0 nitrogen and oxygen atoms in total. The van der Waals surface area contributed by atoms with E-state index in [0.717, 1.165) is 0 Å². The van der Waals surface area contributed by atoms with Crippen molar-refractivity contribution in [2.45, 2.75) is 26.2 Å². The van der Waals surface area contributed by atoms with Gasteiger partial charge in [0.25, 0.3) is 5.92 Å². The van der Waals surface area contributed by atoms with Gasteiger partial charge in [0.2, 0.25) is 0 Å². The van der Waals surface area contributed by atoms with Crippen molar-refractivity contribution >= 4 is 0 Å². The number of alkyl halides is 2. The highest BCUT2D eigenvalue weighted by Gasteiger charge is 2.29. The molecule has 0 atom stereocenters. The summed E-state index contributed by atoms with van der Waals surface area (Å²) in [6.45, 7) is 3.20. The maximum atomic E-state index is 13.1. The van der Waals surface area contributed by atoms with Crippen LogP contribution in [0.1, 0.15) is 24.5 Å². The first kappa shape index (κ1) is 9.17. The summed E-state index contributed by atoms with van der Waals surface area (Å²) in [5, 5.41) is 0. The molecular formula is C10H12F2. The van der Waals surface area contributed by atoms with Gasteiger partial charge in [-0.2, -0.15) is 0 Å². The highest BCUT2D eigenvalue weighted by Crippen LogP contribution is 2.32. The molecule has 0 saturated carbocycles. The molecule has 0 aromatic heterocycles. The smallest absolute Gasteiger partial charge is 0.201 e. The molecule has 0 radical (unpaired) electrons. The summed E-state index contributed by atoms with van der Waals surface area (Å²) in [4.78, 5) is 0. The van der Waals surface area contributed by atoms with Crippen LogP contribution in [0, 0.1) is 6.92 Å². The predicted octanol–water partition coefficient (Wildman–Crippen LogP) is 3.50. The van der Waals surface area contributed by atoms with E-state index in [2.05, 4.69) is 0 Å². The van der Waals surface area contributed by atoms with E-state index < -0.39 is 5.92 Å². The van der Waals surface area contributed by atoms with Crippen molar-refractivity contribution in [3.63, 3.8) is 0 Å². The zero-order valence-electron chi connectivity index (χ0n) is 7.27. The largest absolute Gasteiger partial charge is 0.273 e. The highest BCUT2D eigenvalue weighted by molar-refractivity contribution is 5.29. The number of hydrogen-bond acceptors (Lipinski definition) is 0. The predicted molar refractivity (Wildman–Crippen MR) is 45.4 cm³/mol. The molecule has 2 heteroatoms. The van der Waals surface area contributed by atoms with E-state index in [-0.39, 0.29) is 12.0 Å². The van der Waals surface area contributed by atoms with Gasteiger partial charge < -0.3 is 0 Å². The molecule has 0 bridgehead atoms. The molecule has 0 aliphatic heterocycles. The molecule has 0 aliphatic rings. The summed E-state index contributed by atoms with van der Waals surface area (Å²) in [6, 6.07) is 6.61. The summed E-state index contributed by atoms with van der Waals surface area (Å²) < 4.78 is 26.3. The average molecular weight is 170 g/mol. The van der Waals surface area contributed by atoms with Crippen LogP contribution in [0.5, 0.6) is 0 Å². The van der Waals surface area contributed by atoms with Gasteiger partial charge in [0.15, 0.2) is 0 Å². The Hall–Kier alpha value is -0.920. The van der Waals surface area contributed by atoms with Crippen molar-refractivity contribution in [3.8, 4) is 0 Å². The van der Waals surface area contributed by atoms with Gasteiger partial charge in [-0.1, -0.05) is 31.2 Å². The van der Waals surface area contributed by atoms with Crippen LogP contribution in [-0.4, -0.2) is 0 Å². The van der Waals surface area contributed by atoms with Gasteiger partial charge in [0, 0.05) is 12.0 Å². The molecular weight excluding hydrogens is 158 g/mol. The quantitative estimate of drug-likeness (QED) is 0.637. The lowest BCUT2D eigenvalue weighted by atomic mass is 10.0. The molecule has 1 aromatic rings. The van der Waals surface area contributed by atoms with Gasteiger partial charge in [0.1, 0.15) is 0 Å². The van der Waals surface area contributed by atoms with Gasteiger partial charge >= 0.3 is 0 Å². The normalized spacial score (nSPS) is 11.7. The maximum Gasteiger partial charge on any atom is 0.273 e. The third-order valence-corrected chi connectivity index (χ3v) is 1.98. The third-order valence-electron chi connectivity index (χ3n) is 1.98. The minimum atomic E-state index is -2.68. The molecule has 1 aromatic carbocycles. The fraction of sp³-hybridized carbons (Fsp3) is 0.400. The summed E-state index contributed by atoms with van der Waals surface area (Å²) in [6.07, 6.45) is -0.141. The Kier molecular flexibility index (Phi) is 2.46. The Bertz CT molecular complexity index is 266. The summed E-state index contributed by atoms with van der Waals surface area (Å²) >= 11 is 0. The number of aryl methyl sites for hydroxylation is 1. The first-order valence-electron chi connectivity index (χ1n) is 4.02. The summed E-state index contributed by atoms with van der Waals surface area (Å²) in [7, 11) is 0. The zero-order valence-corrected chi connectivity index (χ0v) is 7.27. The van der Waals surface area contributed by atoms with Crippen molar-refractivity contribution < 1.29 is 8.78 Å². The Morgan fingerprint density at radius 1 is 1.25 bits per heavy atom. The molecule has 0 heterocycles. The second kappa shape index (κ2) is 3.21. The first-order valence-corrected chi connectivity index (χ1v) is 4.02. The van der Waals surface area contributed by atoms with Gasteiger partial charge in [-0.05, 0) is 12.5 Å². The van der Waals surface area contributed by atoms with E-state index in [0.29, 0.717) is 5.56 Å². The van der Waals surface area contributed by atoms with Gasteiger partial charge in [-0.15, -0.1) is 0 Å². The number of hydrogen-bond donors (Lipinski definition) is 0. The van der Waals surface area contributed by atoms with Crippen molar-refractivity contribution in [1.82, 2.24) is 0 Å². The van der Waals surface area contributed by atoms with Crippen molar-refractivity contribution in [3.05, 3.63) is 35.4 Å². The molecule has 66 valence electrons. The molecule has 0 amide bonds. The lowest BCUT2D eigenvalue weighted by Crippen LogP contribution is -2.12. The van der Waals surface area contributed by atoms with Crippen LogP contribution >= 0.6 is 0 Å². The standard InChI is InChI=1S/C10H12F2/c1-3-10(11,12)9-7-5-4-6-8(9)2/h4-7H,3H2,1-2H3. The minimum Gasteiger partial charge on any atom is -0.201 e. The lowest BCUT2D eigenvalue weighted by Gasteiger charge is -2.16. The van der Waals surface area contributed by atoms with Crippen LogP contribution < -0.4 is 0 Å². The van der Waals surface area contributed by atoms with E-state index >= 15 is 0 Å². The van der Waals surface area contributed by atoms with Crippen molar-refractivity contribution in [2.75, 3.05) is 0 Å². The Morgan fingerprint density at radius 2 is 1.83 bits per heavy atom. The van der Waals surface area contributed by atoms with Gasteiger partial charge in [0.05, 0.1) is 0 Å². The van der Waals surface area contributed by atoms with Gasteiger partial charge in [-0.3, -0.25) is 0 Å². The van der Waals surface area contributed by atoms with Gasteiger partial charge in [-0.25, -0.2) is 8.78 Å². The van der Waals surface area contributed by atoms with Crippen LogP contribution in [0.4, 0.5) is 8.78 Å². The number of benzene rings is 1. The van der Waals surface area contributed by atoms with Crippen LogP contribution in [0.3, 0.4) is 0 Å². The minimum absolute atomic E-state index is 0.141. The molecule has 0 aliphatic carbocycles. The number of rotatable bonds is 2. The summed E-state index contributed by atoms with van der Waals surface area (Å²) in [5.41, 5.74) is 0.803. The lowest BCUT2D eigenvalue weighted by molar-refractivity contribution is -0.00888. The highest BCUT2D eigenvalue weighted by atomic mass is 19.3. The fourth-order valence-corrected chi connectivity index (χ4v) is 1.17. The second-order valence-corrected chi connectivity index (χ2v) is 2.87.